The van der Waals surface area contributed by atoms with E-state index in [9.17, 15) is 14.6 Å². The van der Waals surface area contributed by atoms with Gasteiger partial charge in [-0.1, -0.05) is 23.7 Å². The Kier molecular flexibility index (Phi) is 4.58. The van der Waals surface area contributed by atoms with Gasteiger partial charge in [-0.25, -0.2) is 19.3 Å². The van der Waals surface area contributed by atoms with Gasteiger partial charge in [-0.15, -0.1) is 0 Å². The lowest BCUT2D eigenvalue weighted by molar-refractivity contribution is 0.0687. The molecule has 0 aliphatic heterocycles. The number of pyridine rings is 1. The SMILES string of the molecule is CC(C)(O)c1ncc(-c2cn3c4c(nc3cc2F)[C@H](O)C[C@@H]4c2cccc(Cl)c2)cn1. The normalized spacial score (nSPS) is 18.5. The molecule has 0 spiro atoms. The number of aliphatic hydroxyl groups excluding tert-OH is 1. The van der Waals surface area contributed by atoms with E-state index in [0.29, 0.717) is 33.9 Å². The molecule has 1 aliphatic rings. The fourth-order valence-corrected chi connectivity index (χ4v) is 4.35. The number of benzene rings is 1. The third-order valence-electron chi connectivity index (χ3n) is 5.64. The second kappa shape index (κ2) is 7.09. The van der Waals surface area contributed by atoms with Crippen molar-refractivity contribution in [3.05, 3.63) is 82.5 Å². The van der Waals surface area contributed by atoms with Crippen LogP contribution in [-0.4, -0.2) is 29.6 Å². The molecule has 2 atom stereocenters. The minimum Gasteiger partial charge on any atom is -0.387 e. The Morgan fingerprint density at radius 2 is 1.94 bits per heavy atom. The Morgan fingerprint density at radius 1 is 1.19 bits per heavy atom. The summed E-state index contributed by atoms with van der Waals surface area (Å²) < 4.78 is 16.8. The van der Waals surface area contributed by atoms with Crippen LogP contribution in [0.15, 0.2) is 48.9 Å². The molecule has 158 valence electrons. The Balaban J connectivity index is 1.65. The number of hydrogen-bond donors (Lipinski definition) is 2. The number of nitrogens with zero attached hydrogens (tertiary/aromatic N) is 4. The van der Waals surface area contributed by atoms with E-state index >= 15 is 0 Å². The van der Waals surface area contributed by atoms with Gasteiger partial charge >= 0.3 is 0 Å². The van der Waals surface area contributed by atoms with Crippen LogP contribution in [0.1, 0.15) is 55.1 Å². The number of aromatic nitrogens is 4. The summed E-state index contributed by atoms with van der Waals surface area (Å²) in [5, 5.41) is 21.3. The maximum atomic E-state index is 14.9. The lowest BCUT2D eigenvalue weighted by atomic mass is 9.96. The van der Waals surface area contributed by atoms with E-state index in [1.807, 2.05) is 22.6 Å². The Morgan fingerprint density at radius 3 is 2.61 bits per heavy atom. The standard InChI is InChI=1S/C23H20ClFN4O2/c1-23(2,31)22-26-9-13(10-27-22)16-11-29-19(8-17(16)25)28-20-18(30)7-15(21(20)29)12-4-3-5-14(24)6-12/h3-6,8-11,15,18,30-31H,7H2,1-2H3/t15-,18-/m1/s1. The molecule has 0 fully saturated rings. The average molecular weight is 439 g/mol. The van der Waals surface area contributed by atoms with Crippen LogP contribution in [0.25, 0.3) is 16.8 Å². The monoisotopic (exact) mass is 438 g/mol. The quantitative estimate of drug-likeness (QED) is 0.496. The van der Waals surface area contributed by atoms with Crippen molar-refractivity contribution in [2.24, 2.45) is 0 Å². The molecule has 0 radical (unpaired) electrons. The molecule has 0 unspecified atom stereocenters. The van der Waals surface area contributed by atoms with E-state index in [4.69, 9.17) is 11.6 Å². The van der Waals surface area contributed by atoms with Gasteiger partial charge in [0, 0.05) is 46.7 Å². The van der Waals surface area contributed by atoms with Crippen molar-refractivity contribution in [2.45, 2.75) is 37.9 Å². The van der Waals surface area contributed by atoms with Crippen LogP contribution in [0.2, 0.25) is 5.02 Å². The average Bonchev–Trinajstić information content (AvgIpc) is 3.24. The van der Waals surface area contributed by atoms with Gasteiger partial charge in [0.15, 0.2) is 5.82 Å². The predicted molar refractivity (Wildman–Crippen MR) is 114 cm³/mol. The second-order valence-electron chi connectivity index (χ2n) is 8.36. The van der Waals surface area contributed by atoms with Gasteiger partial charge in [0.05, 0.1) is 17.5 Å². The van der Waals surface area contributed by atoms with Gasteiger partial charge in [-0.3, -0.25) is 0 Å². The molecule has 0 amide bonds. The number of aliphatic hydroxyl groups is 2. The molecule has 2 N–H and O–H groups in total. The first-order chi connectivity index (χ1) is 14.7. The van der Waals surface area contributed by atoms with Gasteiger partial charge in [0.25, 0.3) is 0 Å². The summed E-state index contributed by atoms with van der Waals surface area (Å²) in [4.78, 5) is 12.9. The van der Waals surface area contributed by atoms with Crippen LogP contribution in [0, 0.1) is 5.82 Å². The fraction of sp³-hybridized carbons (Fsp3) is 0.261. The molecule has 1 aliphatic carbocycles. The second-order valence-corrected chi connectivity index (χ2v) is 8.80. The van der Waals surface area contributed by atoms with E-state index < -0.39 is 17.5 Å². The maximum absolute atomic E-state index is 14.9. The summed E-state index contributed by atoms with van der Waals surface area (Å²) in [6, 6.07) is 8.86. The van der Waals surface area contributed by atoms with Crippen molar-refractivity contribution >= 4 is 17.2 Å². The smallest absolute Gasteiger partial charge is 0.159 e. The zero-order chi connectivity index (χ0) is 21.9. The lowest BCUT2D eigenvalue weighted by Crippen LogP contribution is -2.19. The van der Waals surface area contributed by atoms with E-state index in [1.165, 1.54) is 18.5 Å². The first kappa shape index (κ1) is 20.1. The molecule has 31 heavy (non-hydrogen) atoms. The molecular formula is C23H20ClFN4O2. The van der Waals surface area contributed by atoms with Crippen molar-refractivity contribution in [1.82, 2.24) is 19.4 Å². The zero-order valence-corrected chi connectivity index (χ0v) is 17.7. The van der Waals surface area contributed by atoms with Gasteiger partial charge < -0.3 is 14.6 Å². The number of rotatable bonds is 3. The summed E-state index contributed by atoms with van der Waals surface area (Å²) in [5.74, 6) is -0.333. The molecule has 0 bridgehead atoms. The predicted octanol–water partition coefficient (Wildman–Crippen LogP) is 4.38. The first-order valence-corrected chi connectivity index (χ1v) is 10.3. The summed E-state index contributed by atoms with van der Waals surface area (Å²) >= 11 is 6.18. The minimum absolute atomic E-state index is 0.120. The van der Waals surface area contributed by atoms with Crippen molar-refractivity contribution in [3.8, 4) is 11.1 Å². The van der Waals surface area contributed by atoms with Crippen LogP contribution < -0.4 is 0 Å². The molecule has 5 rings (SSSR count). The summed E-state index contributed by atoms with van der Waals surface area (Å²) in [5.41, 5.74) is 2.36. The highest BCUT2D eigenvalue weighted by Gasteiger charge is 2.36. The summed E-state index contributed by atoms with van der Waals surface area (Å²) in [6.07, 6.45) is 4.39. The van der Waals surface area contributed by atoms with Gasteiger partial charge in [-0.05, 0) is 38.0 Å². The Labute approximate surface area is 183 Å². The van der Waals surface area contributed by atoms with Gasteiger partial charge in [-0.2, -0.15) is 0 Å². The van der Waals surface area contributed by atoms with E-state index in [2.05, 4.69) is 15.0 Å². The summed E-state index contributed by atoms with van der Waals surface area (Å²) in [7, 11) is 0. The number of halogens is 2. The molecule has 4 aromatic rings. The molecule has 0 saturated heterocycles. The highest BCUT2D eigenvalue weighted by atomic mass is 35.5. The largest absolute Gasteiger partial charge is 0.387 e. The van der Waals surface area contributed by atoms with Crippen LogP contribution in [0.4, 0.5) is 4.39 Å². The highest BCUT2D eigenvalue weighted by Crippen LogP contribution is 2.45. The first-order valence-electron chi connectivity index (χ1n) is 9.92. The Hall–Kier alpha value is -2.87. The zero-order valence-electron chi connectivity index (χ0n) is 16.9. The highest BCUT2D eigenvalue weighted by molar-refractivity contribution is 6.30. The van der Waals surface area contributed by atoms with E-state index in [1.54, 1.807) is 26.1 Å². The number of hydrogen-bond acceptors (Lipinski definition) is 5. The topological polar surface area (TPSA) is 83.5 Å². The number of imidazole rings is 1. The maximum Gasteiger partial charge on any atom is 0.159 e. The third-order valence-corrected chi connectivity index (χ3v) is 5.88. The van der Waals surface area contributed by atoms with E-state index in [-0.39, 0.29) is 11.7 Å². The van der Waals surface area contributed by atoms with Gasteiger partial charge in [0.2, 0.25) is 0 Å². The minimum atomic E-state index is -1.19. The summed E-state index contributed by atoms with van der Waals surface area (Å²) in [6.45, 7) is 3.18. The van der Waals surface area contributed by atoms with Crippen LogP contribution >= 0.6 is 11.6 Å². The Bertz CT molecular complexity index is 1300. The molecule has 3 heterocycles. The van der Waals surface area contributed by atoms with Crippen LogP contribution in [0.5, 0.6) is 0 Å². The van der Waals surface area contributed by atoms with Crippen molar-refractivity contribution in [3.63, 3.8) is 0 Å². The molecule has 1 aromatic carbocycles. The molecule has 8 heteroatoms. The van der Waals surface area contributed by atoms with Gasteiger partial charge in [0.1, 0.15) is 17.1 Å². The van der Waals surface area contributed by atoms with Crippen LogP contribution in [-0.2, 0) is 5.60 Å². The van der Waals surface area contributed by atoms with Crippen molar-refractivity contribution in [1.29, 1.82) is 0 Å². The molecule has 0 saturated carbocycles. The van der Waals surface area contributed by atoms with E-state index in [0.717, 1.165) is 11.3 Å². The van der Waals surface area contributed by atoms with Crippen molar-refractivity contribution < 1.29 is 14.6 Å². The van der Waals surface area contributed by atoms with Crippen molar-refractivity contribution in [2.75, 3.05) is 0 Å². The molecular weight excluding hydrogens is 419 g/mol. The van der Waals surface area contributed by atoms with Crippen LogP contribution in [0.3, 0.4) is 0 Å². The molecule has 6 nitrogen and oxygen atoms in total. The fourth-order valence-electron chi connectivity index (χ4n) is 4.15. The molecule has 3 aromatic heterocycles. The lowest BCUT2D eigenvalue weighted by Gasteiger charge is -2.16. The third kappa shape index (κ3) is 3.39. The number of fused-ring (bicyclic) bond motifs is 3.